The molecule has 0 aliphatic rings. The highest BCUT2D eigenvalue weighted by atomic mass is 79.9. The van der Waals surface area contributed by atoms with Crippen molar-refractivity contribution in [2.75, 3.05) is 6.54 Å². The van der Waals surface area contributed by atoms with E-state index in [0.717, 1.165) is 17.0 Å². The van der Waals surface area contributed by atoms with Crippen LogP contribution in [0.2, 0.25) is 0 Å². The van der Waals surface area contributed by atoms with Gasteiger partial charge in [-0.1, -0.05) is 13.0 Å². The van der Waals surface area contributed by atoms with Crippen molar-refractivity contribution in [3.05, 3.63) is 45.5 Å². The Morgan fingerprint density at radius 1 is 1.33 bits per heavy atom. The topological polar surface area (TPSA) is 12.0 Å². The lowest BCUT2D eigenvalue weighted by atomic mass is 10.2. The molecule has 0 bridgehead atoms. The molecule has 0 aliphatic heterocycles. The third-order valence-electron chi connectivity index (χ3n) is 2.77. The maximum Gasteiger partial charge on any atom is 0.138 e. The smallest absolute Gasteiger partial charge is 0.138 e. The highest BCUT2D eigenvalue weighted by molar-refractivity contribution is 9.10. The summed E-state index contributed by atoms with van der Waals surface area (Å²) in [5, 5.41) is 3.38. The summed E-state index contributed by atoms with van der Waals surface area (Å²) in [4.78, 5) is 2.37. The minimum atomic E-state index is -0.220. The van der Waals surface area contributed by atoms with Gasteiger partial charge in [0.1, 0.15) is 5.82 Å². The van der Waals surface area contributed by atoms with E-state index in [1.54, 1.807) is 23.5 Å². The monoisotopic (exact) mass is 327 g/mol. The Morgan fingerprint density at radius 2 is 2.11 bits per heavy atom. The van der Waals surface area contributed by atoms with Gasteiger partial charge in [-0.05, 0) is 59.2 Å². The van der Waals surface area contributed by atoms with E-state index in [1.165, 1.54) is 4.88 Å². The lowest BCUT2D eigenvalue weighted by molar-refractivity contribution is 0.607. The Balaban J connectivity index is 2.26. The standard InChI is InChI=1S/C14H15BrFNS/c1-3-17-9(2)13-6-7-14(18-13)10-4-5-11(15)12(16)8-10/h4-9,17H,3H2,1-2H3. The molecule has 2 rings (SSSR count). The van der Waals surface area contributed by atoms with E-state index in [2.05, 4.69) is 47.2 Å². The molecule has 1 atom stereocenters. The van der Waals surface area contributed by atoms with Crippen LogP contribution in [0.4, 0.5) is 4.39 Å². The molecule has 2 aromatic rings. The highest BCUT2D eigenvalue weighted by Crippen LogP contribution is 2.32. The number of benzene rings is 1. The van der Waals surface area contributed by atoms with Crippen molar-refractivity contribution in [2.24, 2.45) is 0 Å². The second kappa shape index (κ2) is 5.95. The fourth-order valence-corrected chi connectivity index (χ4v) is 3.07. The molecule has 1 unspecified atom stereocenters. The SMILES string of the molecule is CCNC(C)c1ccc(-c2ccc(Br)c(F)c2)s1. The van der Waals surface area contributed by atoms with Gasteiger partial charge in [-0.2, -0.15) is 0 Å². The van der Waals surface area contributed by atoms with Crippen LogP contribution >= 0.6 is 27.3 Å². The van der Waals surface area contributed by atoms with Crippen LogP contribution in [-0.4, -0.2) is 6.54 Å². The van der Waals surface area contributed by atoms with Gasteiger partial charge in [-0.3, -0.25) is 0 Å². The fraction of sp³-hybridized carbons (Fsp3) is 0.286. The molecular formula is C14H15BrFNS. The molecule has 0 saturated heterocycles. The fourth-order valence-electron chi connectivity index (χ4n) is 1.80. The Labute approximate surface area is 119 Å². The van der Waals surface area contributed by atoms with Crippen molar-refractivity contribution in [2.45, 2.75) is 19.9 Å². The van der Waals surface area contributed by atoms with Crippen LogP contribution in [0.3, 0.4) is 0 Å². The maximum atomic E-state index is 13.5. The molecule has 0 spiro atoms. The summed E-state index contributed by atoms with van der Waals surface area (Å²) in [5.74, 6) is -0.220. The molecule has 96 valence electrons. The van der Waals surface area contributed by atoms with Crippen molar-refractivity contribution in [3.63, 3.8) is 0 Å². The molecular weight excluding hydrogens is 313 g/mol. The molecule has 0 fully saturated rings. The van der Waals surface area contributed by atoms with Crippen molar-refractivity contribution in [1.82, 2.24) is 5.32 Å². The van der Waals surface area contributed by atoms with Crippen LogP contribution in [0.15, 0.2) is 34.8 Å². The molecule has 0 radical (unpaired) electrons. The Morgan fingerprint density at radius 3 is 2.78 bits per heavy atom. The molecule has 1 nitrogen and oxygen atoms in total. The normalized spacial score (nSPS) is 12.7. The lowest BCUT2D eigenvalue weighted by Crippen LogP contribution is -2.16. The largest absolute Gasteiger partial charge is 0.310 e. The van der Waals surface area contributed by atoms with E-state index in [-0.39, 0.29) is 5.82 Å². The molecule has 0 amide bonds. The van der Waals surface area contributed by atoms with Gasteiger partial charge in [0.05, 0.1) is 4.47 Å². The third kappa shape index (κ3) is 2.99. The minimum Gasteiger partial charge on any atom is -0.310 e. The van der Waals surface area contributed by atoms with Gasteiger partial charge in [0, 0.05) is 15.8 Å². The summed E-state index contributed by atoms with van der Waals surface area (Å²) in [5.41, 5.74) is 0.927. The number of thiophene rings is 1. The molecule has 4 heteroatoms. The molecule has 0 aliphatic carbocycles. The first-order valence-electron chi connectivity index (χ1n) is 5.90. The van der Waals surface area contributed by atoms with E-state index in [4.69, 9.17) is 0 Å². The number of hydrogen-bond donors (Lipinski definition) is 1. The number of nitrogens with one attached hydrogen (secondary N) is 1. The Bertz CT molecular complexity index is 538. The summed E-state index contributed by atoms with van der Waals surface area (Å²) < 4.78 is 14.0. The number of rotatable bonds is 4. The summed E-state index contributed by atoms with van der Waals surface area (Å²) in [6.07, 6.45) is 0. The van der Waals surface area contributed by atoms with E-state index in [0.29, 0.717) is 10.5 Å². The van der Waals surface area contributed by atoms with Gasteiger partial charge in [0.15, 0.2) is 0 Å². The summed E-state index contributed by atoms with van der Waals surface area (Å²) in [6.45, 7) is 5.18. The van der Waals surface area contributed by atoms with Gasteiger partial charge in [0.25, 0.3) is 0 Å². The number of hydrogen-bond acceptors (Lipinski definition) is 2. The summed E-state index contributed by atoms with van der Waals surface area (Å²) in [7, 11) is 0. The summed E-state index contributed by atoms with van der Waals surface area (Å²) >= 11 is 4.87. The second-order valence-corrected chi connectivity index (χ2v) is 6.08. The first-order valence-corrected chi connectivity index (χ1v) is 7.51. The van der Waals surface area contributed by atoms with Crippen LogP contribution in [0, 0.1) is 5.82 Å². The quantitative estimate of drug-likeness (QED) is 0.834. The van der Waals surface area contributed by atoms with E-state index in [1.807, 2.05) is 6.07 Å². The van der Waals surface area contributed by atoms with E-state index >= 15 is 0 Å². The zero-order valence-corrected chi connectivity index (χ0v) is 12.7. The molecule has 0 saturated carbocycles. The van der Waals surface area contributed by atoms with Crippen LogP contribution < -0.4 is 5.32 Å². The van der Waals surface area contributed by atoms with E-state index in [9.17, 15) is 4.39 Å². The second-order valence-electron chi connectivity index (χ2n) is 4.11. The minimum absolute atomic E-state index is 0.220. The zero-order valence-electron chi connectivity index (χ0n) is 10.3. The summed E-state index contributed by atoms with van der Waals surface area (Å²) in [6, 6.07) is 9.74. The van der Waals surface area contributed by atoms with Crippen LogP contribution in [-0.2, 0) is 0 Å². The number of halogens is 2. The average Bonchev–Trinajstić information content (AvgIpc) is 2.82. The average molecular weight is 328 g/mol. The van der Waals surface area contributed by atoms with Crippen LogP contribution in [0.25, 0.3) is 10.4 Å². The van der Waals surface area contributed by atoms with Crippen molar-refractivity contribution in [1.29, 1.82) is 0 Å². The first-order chi connectivity index (χ1) is 8.61. The molecule has 1 aromatic heterocycles. The van der Waals surface area contributed by atoms with Crippen molar-refractivity contribution >= 4 is 27.3 Å². The van der Waals surface area contributed by atoms with Crippen LogP contribution in [0.5, 0.6) is 0 Å². The van der Waals surface area contributed by atoms with Crippen molar-refractivity contribution < 1.29 is 4.39 Å². The highest BCUT2D eigenvalue weighted by Gasteiger charge is 2.09. The van der Waals surface area contributed by atoms with Gasteiger partial charge < -0.3 is 5.32 Å². The molecule has 18 heavy (non-hydrogen) atoms. The predicted octanol–water partition coefficient (Wildman–Crippen LogP) is 4.99. The van der Waals surface area contributed by atoms with Gasteiger partial charge in [-0.15, -0.1) is 11.3 Å². The van der Waals surface area contributed by atoms with Gasteiger partial charge in [0.2, 0.25) is 0 Å². The first kappa shape index (κ1) is 13.7. The maximum absolute atomic E-state index is 13.5. The molecule has 1 aromatic carbocycles. The van der Waals surface area contributed by atoms with Crippen molar-refractivity contribution in [3.8, 4) is 10.4 Å². The van der Waals surface area contributed by atoms with E-state index < -0.39 is 0 Å². The zero-order chi connectivity index (χ0) is 13.1. The molecule has 1 heterocycles. The van der Waals surface area contributed by atoms with Crippen LogP contribution in [0.1, 0.15) is 24.8 Å². The predicted molar refractivity (Wildman–Crippen MR) is 79.5 cm³/mol. The Hall–Kier alpha value is -0.710. The third-order valence-corrected chi connectivity index (χ3v) is 4.73. The Kier molecular flexibility index (Phi) is 4.54. The van der Waals surface area contributed by atoms with Gasteiger partial charge in [-0.25, -0.2) is 4.39 Å². The van der Waals surface area contributed by atoms with Gasteiger partial charge >= 0.3 is 0 Å². The molecule has 1 N–H and O–H groups in total. The lowest BCUT2D eigenvalue weighted by Gasteiger charge is -2.09.